The van der Waals surface area contributed by atoms with Crippen molar-refractivity contribution >= 4 is 46.4 Å². The Kier molecular flexibility index (Phi) is 6.10. The van der Waals surface area contributed by atoms with Gasteiger partial charge in [0.15, 0.2) is 5.82 Å². The van der Waals surface area contributed by atoms with Gasteiger partial charge in [-0.05, 0) is 43.3 Å². The number of rotatable bonds is 4. The van der Waals surface area contributed by atoms with Gasteiger partial charge in [0.25, 0.3) is 5.91 Å². The molecule has 0 aliphatic heterocycles. The molecule has 0 fully saturated rings. The monoisotopic (exact) mass is 493 g/mol. The highest BCUT2D eigenvalue weighted by Crippen LogP contribution is 2.34. The van der Waals surface area contributed by atoms with Crippen molar-refractivity contribution in [3.63, 3.8) is 0 Å². The van der Waals surface area contributed by atoms with Crippen LogP contribution in [0.3, 0.4) is 0 Å². The van der Waals surface area contributed by atoms with E-state index in [2.05, 4.69) is 20.4 Å². The summed E-state index contributed by atoms with van der Waals surface area (Å²) in [6.07, 6.45) is 2.83. The average Bonchev–Trinajstić information content (AvgIpc) is 3.15. The summed E-state index contributed by atoms with van der Waals surface area (Å²) < 4.78 is 29.5. The summed E-state index contributed by atoms with van der Waals surface area (Å²) in [5.74, 6) is -1.11. The van der Waals surface area contributed by atoms with E-state index in [-0.39, 0.29) is 37.4 Å². The summed E-state index contributed by atoms with van der Waals surface area (Å²) in [6.45, 7) is 1.72. The maximum absolute atomic E-state index is 14.8. The second kappa shape index (κ2) is 8.82. The number of carbonyl (C=O) groups excluding carboxylic acids is 1. The van der Waals surface area contributed by atoms with Gasteiger partial charge in [-0.25, -0.2) is 23.4 Å². The molecule has 2 aromatic heterocycles. The number of benzene rings is 2. The van der Waals surface area contributed by atoms with Crippen molar-refractivity contribution in [2.45, 2.75) is 6.92 Å². The molecule has 6 nitrogen and oxygen atoms in total. The van der Waals surface area contributed by atoms with Gasteiger partial charge in [-0.2, -0.15) is 5.10 Å². The zero-order valence-electron chi connectivity index (χ0n) is 16.2. The average molecular weight is 495 g/mol. The van der Waals surface area contributed by atoms with E-state index in [0.29, 0.717) is 11.6 Å². The van der Waals surface area contributed by atoms with Crippen LogP contribution in [0.25, 0.3) is 16.9 Å². The molecule has 162 valence electrons. The van der Waals surface area contributed by atoms with Gasteiger partial charge in [0.05, 0.1) is 32.5 Å². The number of aromatic nitrogens is 4. The molecule has 0 aliphatic carbocycles. The van der Waals surface area contributed by atoms with E-state index >= 15 is 0 Å². The van der Waals surface area contributed by atoms with Gasteiger partial charge in [-0.1, -0.05) is 34.8 Å². The first kappa shape index (κ1) is 22.1. The first-order valence-electron chi connectivity index (χ1n) is 9.03. The highest BCUT2D eigenvalue weighted by Gasteiger charge is 2.18. The third-order valence-corrected chi connectivity index (χ3v) is 5.33. The molecule has 2 aromatic carbocycles. The SMILES string of the molecule is Cc1ncn(-c2ncc(NC(=O)c3cc(F)c(-c4ccc(F)cc4Cl)cc3Cl)cc2Cl)n1. The lowest BCUT2D eigenvalue weighted by Crippen LogP contribution is -2.14. The summed E-state index contributed by atoms with van der Waals surface area (Å²) in [5, 5.41) is 6.91. The second-order valence-electron chi connectivity index (χ2n) is 6.66. The lowest BCUT2D eigenvalue weighted by molar-refractivity contribution is 0.102. The van der Waals surface area contributed by atoms with Crippen molar-refractivity contribution < 1.29 is 13.6 Å². The normalized spacial score (nSPS) is 10.9. The molecular formula is C21H12Cl3F2N5O. The molecule has 32 heavy (non-hydrogen) atoms. The number of hydrogen-bond acceptors (Lipinski definition) is 4. The van der Waals surface area contributed by atoms with Gasteiger partial charge in [-0.3, -0.25) is 4.79 Å². The zero-order chi connectivity index (χ0) is 23.0. The van der Waals surface area contributed by atoms with Gasteiger partial charge in [0.2, 0.25) is 0 Å². The van der Waals surface area contributed by atoms with Gasteiger partial charge >= 0.3 is 0 Å². The standard InChI is InChI=1S/C21H12Cl3F2N5O/c1-10-28-9-31(30-10)20-18(24)5-12(8-27-20)29-21(32)15-7-19(26)14(6-17(15)23)13-3-2-11(25)4-16(13)22/h2-9H,1H3,(H,29,32). The smallest absolute Gasteiger partial charge is 0.257 e. The van der Waals surface area contributed by atoms with E-state index in [4.69, 9.17) is 34.8 Å². The number of carbonyl (C=O) groups is 1. The molecule has 0 saturated carbocycles. The number of hydrogen-bond donors (Lipinski definition) is 1. The Balaban J connectivity index is 1.60. The maximum atomic E-state index is 14.8. The molecule has 0 radical (unpaired) electrons. The van der Waals surface area contributed by atoms with Crippen LogP contribution in [0.1, 0.15) is 16.2 Å². The molecule has 0 unspecified atom stereocenters. The van der Waals surface area contributed by atoms with E-state index in [1.807, 2.05) is 0 Å². The number of anilines is 1. The van der Waals surface area contributed by atoms with Crippen LogP contribution in [-0.2, 0) is 0 Å². The van der Waals surface area contributed by atoms with Crippen LogP contribution in [0.15, 0.2) is 48.9 Å². The van der Waals surface area contributed by atoms with Crippen molar-refractivity contribution in [2.24, 2.45) is 0 Å². The van der Waals surface area contributed by atoms with E-state index in [1.54, 1.807) is 6.92 Å². The molecule has 0 atom stereocenters. The maximum Gasteiger partial charge on any atom is 0.257 e. The minimum absolute atomic E-state index is 0.0144. The molecule has 0 aliphatic rings. The molecule has 1 N–H and O–H groups in total. The summed E-state index contributed by atoms with van der Waals surface area (Å²) in [7, 11) is 0. The Morgan fingerprint density at radius 2 is 1.75 bits per heavy atom. The molecule has 1 amide bonds. The molecule has 4 rings (SSSR count). The fourth-order valence-electron chi connectivity index (χ4n) is 2.95. The van der Waals surface area contributed by atoms with Crippen LogP contribution in [0.4, 0.5) is 14.5 Å². The topological polar surface area (TPSA) is 72.7 Å². The largest absolute Gasteiger partial charge is 0.320 e. The van der Waals surface area contributed by atoms with Crippen LogP contribution in [0.2, 0.25) is 15.1 Å². The fraction of sp³-hybridized carbons (Fsp3) is 0.0476. The Labute approximate surface area is 195 Å². The highest BCUT2D eigenvalue weighted by atomic mass is 35.5. The lowest BCUT2D eigenvalue weighted by atomic mass is 10.0. The van der Waals surface area contributed by atoms with E-state index in [0.717, 1.165) is 18.2 Å². The summed E-state index contributed by atoms with van der Waals surface area (Å²) in [5.41, 5.74) is 0.434. The van der Waals surface area contributed by atoms with Crippen LogP contribution in [-0.4, -0.2) is 25.7 Å². The number of aryl methyl sites for hydroxylation is 1. The molecule has 2 heterocycles. The minimum atomic E-state index is -0.749. The lowest BCUT2D eigenvalue weighted by Gasteiger charge is -2.12. The first-order valence-corrected chi connectivity index (χ1v) is 10.2. The molecule has 0 bridgehead atoms. The minimum Gasteiger partial charge on any atom is -0.320 e. The predicted octanol–water partition coefficient (Wildman–Crippen LogP) is 6.13. The molecule has 4 aromatic rings. The molecule has 0 spiro atoms. The fourth-order valence-corrected chi connectivity index (χ4v) is 3.72. The van der Waals surface area contributed by atoms with Gasteiger partial charge in [0, 0.05) is 11.1 Å². The molecule has 11 heteroatoms. The molecule has 0 saturated heterocycles. The van der Waals surface area contributed by atoms with Gasteiger partial charge in [0.1, 0.15) is 23.8 Å². The Hall–Kier alpha value is -3.07. The van der Waals surface area contributed by atoms with Crippen molar-refractivity contribution in [1.29, 1.82) is 0 Å². The quantitative estimate of drug-likeness (QED) is 0.370. The van der Waals surface area contributed by atoms with Crippen molar-refractivity contribution in [1.82, 2.24) is 19.7 Å². The van der Waals surface area contributed by atoms with Crippen molar-refractivity contribution in [3.8, 4) is 16.9 Å². The Morgan fingerprint density at radius 3 is 2.41 bits per heavy atom. The van der Waals surface area contributed by atoms with E-state index < -0.39 is 17.5 Å². The number of nitrogens with zero attached hydrogens (tertiary/aromatic N) is 4. The number of pyridine rings is 1. The third-order valence-electron chi connectivity index (χ3n) is 4.43. The highest BCUT2D eigenvalue weighted by molar-refractivity contribution is 6.36. The van der Waals surface area contributed by atoms with Crippen LogP contribution in [0.5, 0.6) is 0 Å². The second-order valence-corrected chi connectivity index (χ2v) is 7.88. The van der Waals surface area contributed by atoms with Crippen molar-refractivity contribution in [2.75, 3.05) is 5.32 Å². The van der Waals surface area contributed by atoms with Crippen LogP contribution >= 0.6 is 34.8 Å². The van der Waals surface area contributed by atoms with Crippen molar-refractivity contribution in [3.05, 3.63) is 87.0 Å². The van der Waals surface area contributed by atoms with E-state index in [9.17, 15) is 13.6 Å². The predicted molar refractivity (Wildman–Crippen MR) is 119 cm³/mol. The number of nitrogens with one attached hydrogen (secondary N) is 1. The summed E-state index contributed by atoms with van der Waals surface area (Å²) >= 11 is 18.5. The van der Waals surface area contributed by atoms with Gasteiger partial charge < -0.3 is 5.32 Å². The number of halogens is 5. The van der Waals surface area contributed by atoms with Gasteiger partial charge in [-0.15, -0.1) is 0 Å². The zero-order valence-corrected chi connectivity index (χ0v) is 18.5. The summed E-state index contributed by atoms with van der Waals surface area (Å²) in [6, 6.07) is 7.25. The first-order chi connectivity index (χ1) is 15.2. The number of amides is 1. The Morgan fingerprint density at radius 1 is 0.969 bits per heavy atom. The molecular weight excluding hydrogens is 483 g/mol. The van der Waals surface area contributed by atoms with E-state index in [1.165, 1.54) is 35.4 Å². The third kappa shape index (κ3) is 4.43. The summed E-state index contributed by atoms with van der Waals surface area (Å²) in [4.78, 5) is 20.9. The van der Waals surface area contributed by atoms with Crippen LogP contribution < -0.4 is 5.32 Å². The van der Waals surface area contributed by atoms with Crippen LogP contribution in [0, 0.1) is 18.6 Å². The Bertz CT molecular complexity index is 1360.